The zero-order valence-electron chi connectivity index (χ0n) is 11.5. The first-order chi connectivity index (χ1) is 6.84. The smallest absolute Gasteiger partial charge is 0.309 e. The third-order valence-electron chi connectivity index (χ3n) is 2.78. The van der Waals surface area contributed by atoms with Crippen LogP contribution in [-0.4, -0.2) is 11.1 Å². The highest BCUT2D eigenvalue weighted by atomic mass is 16.4. The molecule has 4 N–H and O–H groups in total. The van der Waals surface area contributed by atoms with E-state index in [0.29, 0.717) is 11.8 Å². The minimum Gasteiger partial charge on any atom is -0.481 e. The van der Waals surface area contributed by atoms with Crippen molar-refractivity contribution < 1.29 is 9.90 Å². The largest absolute Gasteiger partial charge is 0.481 e. The van der Waals surface area contributed by atoms with Gasteiger partial charge in [-0.2, -0.15) is 0 Å². The predicted molar refractivity (Wildman–Crippen MR) is 68.9 cm³/mol. The summed E-state index contributed by atoms with van der Waals surface area (Å²) in [5.74, 6) is 0.296. The second kappa shape index (κ2) is 7.66. The van der Waals surface area contributed by atoms with Gasteiger partial charge in [-0.3, -0.25) is 4.79 Å². The molecule has 0 atom stereocenters. The van der Waals surface area contributed by atoms with Gasteiger partial charge in [0.15, 0.2) is 0 Å². The average molecular weight is 231 g/mol. The maximum Gasteiger partial charge on any atom is 0.309 e. The zero-order chi connectivity index (χ0) is 12.1. The lowest BCUT2D eigenvalue weighted by atomic mass is 9.71. The molecule has 0 aromatic carbocycles. The van der Waals surface area contributed by atoms with Gasteiger partial charge < -0.3 is 11.3 Å². The van der Waals surface area contributed by atoms with Gasteiger partial charge in [0.25, 0.3) is 0 Å². The molecule has 0 aromatic heterocycles. The lowest BCUT2D eigenvalue weighted by Gasteiger charge is -2.32. The molecular weight excluding hydrogens is 202 g/mol. The van der Waals surface area contributed by atoms with Crippen LogP contribution in [0.2, 0.25) is 0 Å². The Kier molecular flexibility index (Phi) is 8.53. The van der Waals surface area contributed by atoms with E-state index in [9.17, 15) is 9.90 Å². The Bertz CT molecular complexity index is 190. The summed E-state index contributed by atoms with van der Waals surface area (Å²) in [4.78, 5) is 11.5. The summed E-state index contributed by atoms with van der Waals surface area (Å²) in [5.41, 5.74) is -0.489. The molecule has 0 aliphatic heterocycles. The van der Waals surface area contributed by atoms with E-state index in [1.165, 1.54) is 0 Å². The molecule has 0 aliphatic rings. The SMILES string of the molecule is CCCC(CC(C)C)(CC(C)C)C(=O)O.N. The first kappa shape index (κ1) is 17.8. The fraction of sp³-hybridized carbons (Fsp3) is 0.923. The summed E-state index contributed by atoms with van der Waals surface area (Å²) in [5, 5.41) is 9.45. The van der Waals surface area contributed by atoms with Crippen LogP contribution in [0.15, 0.2) is 0 Å². The second-order valence-electron chi connectivity index (χ2n) is 5.53. The monoisotopic (exact) mass is 231 g/mol. The van der Waals surface area contributed by atoms with E-state index in [4.69, 9.17) is 0 Å². The Balaban J connectivity index is 0. The molecule has 3 nitrogen and oxygen atoms in total. The molecule has 0 unspecified atom stereocenters. The first-order valence-corrected chi connectivity index (χ1v) is 6.07. The lowest BCUT2D eigenvalue weighted by Crippen LogP contribution is -2.34. The van der Waals surface area contributed by atoms with Crippen LogP contribution in [0.5, 0.6) is 0 Å². The molecule has 98 valence electrons. The van der Waals surface area contributed by atoms with Gasteiger partial charge in [-0.15, -0.1) is 0 Å². The minimum absolute atomic E-state index is 0. The van der Waals surface area contributed by atoms with Crippen molar-refractivity contribution in [2.24, 2.45) is 17.3 Å². The summed E-state index contributed by atoms with van der Waals surface area (Å²) >= 11 is 0. The van der Waals surface area contributed by atoms with Gasteiger partial charge in [-0.1, -0.05) is 41.0 Å². The van der Waals surface area contributed by atoms with Crippen LogP contribution in [0.3, 0.4) is 0 Å². The topological polar surface area (TPSA) is 72.3 Å². The standard InChI is InChI=1S/C13H26O2.H3N/c1-6-7-13(12(14)15,8-10(2)3)9-11(4)5;/h10-11H,6-9H2,1-5H3,(H,14,15);1H3. The number of carboxylic acid groups (broad SMARTS) is 1. The highest BCUT2D eigenvalue weighted by Crippen LogP contribution is 2.38. The van der Waals surface area contributed by atoms with Gasteiger partial charge in [0.1, 0.15) is 0 Å². The van der Waals surface area contributed by atoms with Crippen molar-refractivity contribution in [1.82, 2.24) is 6.15 Å². The molecule has 0 fully saturated rings. The third-order valence-corrected chi connectivity index (χ3v) is 2.78. The molecular formula is C13H29NO2. The van der Waals surface area contributed by atoms with Crippen molar-refractivity contribution in [3.8, 4) is 0 Å². The van der Waals surface area contributed by atoms with Crippen molar-refractivity contribution in [2.45, 2.75) is 60.3 Å². The Morgan fingerprint density at radius 2 is 1.50 bits per heavy atom. The predicted octanol–water partition coefficient (Wildman–Crippen LogP) is 4.11. The fourth-order valence-corrected chi connectivity index (χ4v) is 2.61. The van der Waals surface area contributed by atoms with Crippen LogP contribution in [-0.2, 0) is 4.79 Å². The van der Waals surface area contributed by atoms with Crippen molar-refractivity contribution in [3.63, 3.8) is 0 Å². The van der Waals surface area contributed by atoms with Crippen molar-refractivity contribution >= 4 is 5.97 Å². The van der Waals surface area contributed by atoms with E-state index in [0.717, 1.165) is 25.7 Å². The van der Waals surface area contributed by atoms with Gasteiger partial charge >= 0.3 is 5.97 Å². The number of aliphatic carboxylic acids is 1. The van der Waals surface area contributed by atoms with Crippen molar-refractivity contribution in [1.29, 1.82) is 0 Å². The van der Waals surface area contributed by atoms with Crippen LogP contribution < -0.4 is 6.15 Å². The molecule has 0 heterocycles. The van der Waals surface area contributed by atoms with Crippen LogP contribution >= 0.6 is 0 Å². The highest BCUT2D eigenvalue weighted by Gasteiger charge is 2.38. The van der Waals surface area contributed by atoms with E-state index in [1.807, 2.05) is 0 Å². The Labute approximate surface area is 100 Å². The van der Waals surface area contributed by atoms with Crippen molar-refractivity contribution in [2.75, 3.05) is 0 Å². The van der Waals surface area contributed by atoms with Crippen LogP contribution in [0, 0.1) is 17.3 Å². The lowest BCUT2D eigenvalue weighted by molar-refractivity contribution is -0.152. The molecule has 0 rings (SSSR count). The molecule has 0 saturated carbocycles. The van der Waals surface area contributed by atoms with Gasteiger partial charge in [0.2, 0.25) is 0 Å². The Hall–Kier alpha value is -0.570. The highest BCUT2D eigenvalue weighted by molar-refractivity contribution is 5.74. The molecule has 16 heavy (non-hydrogen) atoms. The van der Waals surface area contributed by atoms with E-state index in [1.54, 1.807) is 0 Å². The third kappa shape index (κ3) is 5.50. The zero-order valence-corrected chi connectivity index (χ0v) is 11.5. The van der Waals surface area contributed by atoms with E-state index in [2.05, 4.69) is 34.6 Å². The molecule has 0 saturated heterocycles. The van der Waals surface area contributed by atoms with Gasteiger partial charge in [0.05, 0.1) is 5.41 Å². The van der Waals surface area contributed by atoms with E-state index < -0.39 is 11.4 Å². The minimum atomic E-state index is -0.605. The molecule has 0 spiro atoms. The first-order valence-electron chi connectivity index (χ1n) is 6.07. The molecule has 0 radical (unpaired) electrons. The maximum atomic E-state index is 11.5. The quantitative estimate of drug-likeness (QED) is 0.692. The maximum absolute atomic E-state index is 11.5. The number of rotatable bonds is 7. The fourth-order valence-electron chi connectivity index (χ4n) is 2.61. The van der Waals surface area contributed by atoms with Crippen LogP contribution in [0.4, 0.5) is 0 Å². The molecule has 3 heteroatoms. The Morgan fingerprint density at radius 3 is 1.69 bits per heavy atom. The van der Waals surface area contributed by atoms with Gasteiger partial charge in [-0.25, -0.2) is 0 Å². The normalized spacial score (nSPS) is 11.7. The second-order valence-corrected chi connectivity index (χ2v) is 5.53. The summed E-state index contributed by atoms with van der Waals surface area (Å²) in [7, 11) is 0. The molecule has 0 amide bonds. The number of carboxylic acids is 1. The molecule has 0 aliphatic carbocycles. The van der Waals surface area contributed by atoms with Crippen LogP contribution in [0.25, 0.3) is 0 Å². The van der Waals surface area contributed by atoms with Crippen molar-refractivity contribution in [3.05, 3.63) is 0 Å². The van der Waals surface area contributed by atoms with Gasteiger partial charge in [0, 0.05) is 0 Å². The molecule has 0 bridgehead atoms. The van der Waals surface area contributed by atoms with E-state index in [-0.39, 0.29) is 6.15 Å². The van der Waals surface area contributed by atoms with Gasteiger partial charge in [-0.05, 0) is 31.1 Å². The number of hydrogen-bond donors (Lipinski definition) is 2. The Morgan fingerprint density at radius 1 is 1.12 bits per heavy atom. The van der Waals surface area contributed by atoms with E-state index >= 15 is 0 Å². The summed E-state index contributed by atoms with van der Waals surface area (Å²) in [6, 6.07) is 0. The average Bonchev–Trinajstić information content (AvgIpc) is 2.01. The summed E-state index contributed by atoms with van der Waals surface area (Å²) < 4.78 is 0. The van der Waals surface area contributed by atoms with Crippen LogP contribution in [0.1, 0.15) is 60.3 Å². The summed E-state index contributed by atoms with van der Waals surface area (Å²) in [6.07, 6.45) is 3.35. The number of carbonyl (C=O) groups is 1. The number of hydrogen-bond acceptors (Lipinski definition) is 2. The molecule has 0 aromatic rings. The summed E-state index contributed by atoms with van der Waals surface area (Å²) in [6.45, 7) is 10.5.